The van der Waals surface area contributed by atoms with Crippen LogP contribution in [0.3, 0.4) is 0 Å². The molecule has 0 bridgehead atoms. The Morgan fingerprint density at radius 1 is 0.833 bits per heavy atom. The first-order valence-corrected chi connectivity index (χ1v) is 6.26. The predicted octanol–water partition coefficient (Wildman–Crippen LogP) is 4.09. The minimum Gasteiger partial charge on any atom is -0.344 e. The van der Waals surface area contributed by atoms with Gasteiger partial charge in [-0.05, 0) is 23.3 Å². The molecule has 0 fully saturated rings. The lowest BCUT2D eigenvalue weighted by atomic mass is 10.1. The van der Waals surface area contributed by atoms with Gasteiger partial charge >= 0.3 is 0 Å². The van der Waals surface area contributed by atoms with E-state index in [0.717, 1.165) is 10.6 Å². The molecule has 0 N–H and O–H groups in total. The molecule has 18 heavy (non-hydrogen) atoms. The molecule has 0 saturated heterocycles. The zero-order chi connectivity index (χ0) is 12.4. The normalized spacial score (nSPS) is 16.1. The summed E-state index contributed by atoms with van der Waals surface area (Å²) in [7, 11) is 0. The molecule has 2 aromatic rings. The third-order valence-electron chi connectivity index (χ3n) is 3.04. The summed E-state index contributed by atoms with van der Waals surface area (Å²) < 4.78 is 11.6. The van der Waals surface area contributed by atoms with Gasteiger partial charge in [-0.3, -0.25) is 0 Å². The van der Waals surface area contributed by atoms with Crippen LogP contribution in [0.4, 0.5) is 0 Å². The lowest BCUT2D eigenvalue weighted by Crippen LogP contribution is -2.05. The van der Waals surface area contributed by atoms with E-state index in [-0.39, 0.29) is 6.29 Å². The molecule has 2 aromatic carbocycles. The average Bonchev–Trinajstić information content (AvgIpc) is 2.62. The highest BCUT2D eigenvalue weighted by Crippen LogP contribution is 2.27. The molecule has 0 unspecified atom stereocenters. The van der Waals surface area contributed by atoms with Gasteiger partial charge in [0.1, 0.15) is 0 Å². The number of halogens is 1. The summed E-state index contributed by atoms with van der Waals surface area (Å²) in [6.45, 7) is 1.15. The van der Waals surface area contributed by atoms with Gasteiger partial charge in [0.15, 0.2) is 6.29 Å². The number of benzene rings is 2. The summed E-state index contributed by atoms with van der Waals surface area (Å²) in [5, 5.41) is 0.718. The summed E-state index contributed by atoms with van der Waals surface area (Å²) in [5.74, 6) is 0. The van der Waals surface area contributed by atoms with Crippen LogP contribution in [-0.4, -0.2) is 0 Å². The molecule has 2 nitrogen and oxygen atoms in total. The van der Waals surface area contributed by atoms with Gasteiger partial charge in [-0.2, -0.15) is 0 Å². The van der Waals surface area contributed by atoms with E-state index in [9.17, 15) is 0 Å². The zero-order valence-corrected chi connectivity index (χ0v) is 10.6. The predicted molar refractivity (Wildman–Crippen MR) is 70.2 cm³/mol. The largest absolute Gasteiger partial charge is 0.344 e. The summed E-state index contributed by atoms with van der Waals surface area (Å²) in [6, 6.07) is 15.7. The van der Waals surface area contributed by atoms with Crippen molar-refractivity contribution in [2.24, 2.45) is 0 Å². The van der Waals surface area contributed by atoms with E-state index in [1.807, 2.05) is 36.4 Å². The van der Waals surface area contributed by atoms with Crippen molar-refractivity contribution in [1.82, 2.24) is 0 Å². The molecule has 0 aromatic heterocycles. The van der Waals surface area contributed by atoms with Gasteiger partial charge < -0.3 is 9.47 Å². The Kier molecular flexibility index (Phi) is 3.33. The molecule has 0 atom stereocenters. The van der Waals surface area contributed by atoms with Crippen molar-refractivity contribution in [2.75, 3.05) is 0 Å². The van der Waals surface area contributed by atoms with Gasteiger partial charge in [-0.15, -0.1) is 0 Å². The van der Waals surface area contributed by atoms with Crippen LogP contribution in [0.25, 0.3) is 0 Å². The highest BCUT2D eigenvalue weighted by Gasteiger charge is 2.18. The lowest BCUT2D eigenvalue weighted by molar-refractivity contribution is -0.153. The van der Waals surface area contributed by atoms with Crippen molar-refractivity contribution in [1.29, 1.82) is 0 Å². The Bertz CT molecular complexity index is 509. The van der Waals surface area contributed by atoms with Crippen LogP contribution >= 0.6 is 11.6 Å². The molecule has 0 radical (unpaired) electrons. The molecule has 92 valence electrons. The molecule has 3 rings (SSSR count). The van der Waals surface area contributed by atoms with Crippen molar-refractivity contribution in [2.45, 2.75) is 19.5 Å². The van der Waals surface area contributed by atoms with Crippen molar-refractivity contribution in [3.8, 4) is 0 Å². The molecule has 0 amide bonds. The van der Waals surface area contributed by atoms with Crippen LogP contribution in [0.15, 0.2) is 48.5 Å². The molecular formula is C15H13ClO2. The van der Waals surface area contributed by atoms with Gasteiger partial charge in [0.05, 0.1) is 13.2 Å². The van der Waals surface area contributed by atoms with Gasteiger partial charge in [-0.1, -0.05) is 48.0 Å². The Hall–Kier alpha value is -1.35. The van der Waals surface area contributed by atoms with Crippen LogP contribution in [0, 0.1) is 0 Å². The second-order valence-corrected chi connectivity index (χ2v) is 4.71. The first kappa shape index (κ1) is 11.7. The molecule has 0 aliphatic carbocycles. The smallest absolute Gasteiger partial charge is 0.184 e. The molecule has 1 aliphatic rings. The van der Waals surface area contributed by atoms with Gasteiger partial charge in [0.2, 0.25) is 0 Å². The van der Waals surface area contributed by atoms with Crippen molar-refractivity contribution in [3.05, 3.63) is 70.2 Å². The van der Waals surface area contributed by atoms with E-state index in [1.165, 1.54) is 11.1 Å². The molecule has 0 spiro atoms. The Balaban J connectivity index is 1.80. The maximum Gasteiger partial charge on any atom is 0.184 e. The van der Waals surface area contributed by atoms with Crippen LogP contribution in [0.5, 0.6) is 0 Å². The summed E-state index contributed by atoms with van der Waals surface area (Å²) in [6.07, 6.45) is -0.324. The van der Waals surface area contributed by atoms with E-state index in [2.05, 4.69) is 12.1 Å². The second kappa shape index (κ2) is 5.11. The fourth-order valence-electron chi connectivity index (χ4n) is 2.03. The molecule has 1 aliphatic heterocycles. The second-order valence-electron chi connectivity index (χ2n) is 4.27. The quantitative estimate of drug-likeness (QED) is 0.769. The average molecular weight is 261 g/mol. The minimum absolute atomic E-state index is 0.324. The summed E-state index contributed by atoms with van der Waals surface area (Å²) >= 11 is 5.87. The third kappa shape index (κ3) is 2.41. The van der Waals surface area contributed by atoms with Gasteiger partial charge in [-0.25, -0.2) is 0 Å². The van der Waals surface area contributed by atoms with E-state index in [4.69, 9.17) is 21.1 Å². The van der Waals surface area contributed by atoms with Gasteiger partial charge in [0, 0.05) is 10.6 Å². The van der Waals surface area contributed by atoms with Crippen molar-refractivity contribution >= 4 is 11.6 Å². The third-order valence-corrected chi connectivity index (χ3v) is 3.29. The molecular weight excluding hydrogens is 248 g/mol. The van der Waals surface area contributed by atoms with E-state index in [1.54, 1.807) is 0 Å². The first-order chi connectivity index (χ1) is 8.83. The maximum absolute atomic E-state index is 5.87. The monoisotopic (exact) mass is 260 g/mol. The zero-order valence-electron chi connectivity index (χ0n) is 9.80. The summed E-state index contributed by atoms with van der Waals surface area (Å²) in [4.78, 5) is 0. The standard InChI is InChI=1S/C15H13ClO2/c16-14-7-5-11(6-8-14)15-17-9-12-3-1-2-4-13(12)10-18-15/h1-8,15H,9-10H2. The number of rotatable bonds is 1. The Labute approximate surface area is 111 Å². The maximum atomic E-state index is 5.87. The van der Waals surface area contributed by atoms with Crippen molar-refractivity contribution in [3.63, 3.8) is 0 Å². The Morgan fingerprint density at radius 2 is 1.39 bits per heavy atom. The van der Waals surface area contributed by atoms with E-state index >= 15 is 0 Å². The van der Waals surface area contributed by atoms with E-state index in [0.29, 0.717) is 13.2 Å². The minimum atomic E-state index is -0.324. The topological polar surface area (TPSA) is 18.5 Å². The summed E-state index contributed by atoms with van der Waals surface area (Å²) in [5.41, 5.74) is 3.37. The molecule has 1 heterocycles. The van der Waals surface area contributed by atoms with Crippen LogP contribution in [0.1, 0.15) is 23.0 Å². The number of ether oxygens (including phenoxy) is 2. The SMILES string of the molecule is Clc1ccc(C2OCc3ccccc3CO2)cc1. The highest BCUT2D eigenvalue weighted by atomic mass is 35.5. The number of hydrogen-bond donors (Lipinski definition) is 0. The first-order valence-electron chi connectivity index (χ1n) is 5.88. The van der Waals surface area contributed by atoms with Crippen molar-refractivity contribution < 1.29 is 9.47 Å². The fourth-order valence-corrected chi connectivity index (χ4v) is 2.16. The van der Waals surface area contributed by atoms with Crippen LogP contribution in [0.2, 0.25) is 5.02 Å². The fraction of sp³-hybridized carbons (Fsp3) is 0.200. The van der Waals surface area contributed by atoms with Gasteiger partial charge in [0.25, 0.3) is 0 Å². The lowest BCUT2D eigenvalue weighted by Gasteiger charge is -2.15. The van der Waals surface area contributed by atoms with Crippen LogP contribution in [-0.2, 0) is 22.7 Å². The number of fused-ring (bicyclic) bond motifs is 1. The molecule has 3 heteroatoms. The van der Waals surface area contributed by atoms with Crippen LogP contribution < -0.4 is 0 Å². The Morgan fingerprint density at radius 3 is 1.94 bits per heavy atom. The molecule has 0 saturated carbocycles. The van der Waals surface area contributed by atoms with E-state index < -0.39 is 0 Å². The highest BCUT2D eigenvalue weighted by molar-refractivity contribution is 6.30. The number of hydrogen-bond acceptors (Lipinski definition) is 2.